The molecule has 8 rings (SSSR count). The third-order valence-corrected chi connectivity index (χ3v) is 8.75. The van der Waals surface area contributed by atoms with Gasteiger partial charge in [0.1, 0.15) is 6.10 Å². The van der Waals surface area contributed by atoms with Crippen molar-refractivity contribution in [2.24, 2.45) is 0 Å². The number of benzene rings is 5. The average Bonchev–Trinajstić information content (AvgIpc) is 3.47. The van der Waals surface area contributed by atoms with Crippen molar-refractivity contribution in [1.82, 2.24) is 0 Å². The molecule has 1 unspecified atom stereocenters. The summed E-state index contributed by atoms with van der Waals surface area (Å²) in [5.41, 5.74) is 11.2. The molecule has 2 nitrogen and oxygen atoms in total. The predicted molar refractivity (Wildman–Crippen MR) is 162 cm³/mol. The standard InChI is InChI=1S/C37H29NO/c1-37(2)31-17-7-5-14-27(31)30-23-25(21-22-32(30)37)38(33-18-9-12-24-11-3-4-13-26(24)33)34-19-10-16-29-28-15-6-8-20-35(28)39-36(29)34/h3-19,21-23,35H,20H2,1-2H3. The molecule has 5 aromatic rings. The summed E-state index contributed by atoms with van der Waals surface area (Å²) in [4.78, 5) is 2.40. The van der Waals surface area contributed by atoms with E-state index in [4.69, 9.17) is 4.74 Å². The van der Waals surface area contributed by atoms with Crippen LogP contribution < -0.4 is 9.64 Å². The van der Waals surface area contributed by atoms with Crippen LogP contribution in [0.4, 0.5) is 17.1 Å². The van der Waals surface area contributed by atoms with E-state index in [1.54, 1.807) is 0 Å². The lowest BCUT2D eigenvalue weighted by Gasteiger charge is -2.29. The molecule has 0 saturated heterocycles. The zero-order valence-electron chi connectivity index (χ0n) is 22.2. The van der Waals surface area contributed by atoms with Crippen LogP contribution in [0.25, 0.3) is 27.5 Å². The normalized spacial score (nSPS) is 17.6. The van der Waals surface area contributed by atoms with Crippen LogP contribution in [0, 0.1) is 0 Å². The van der Waals surface area contributed by atoms with Crippen molar-refractivity contribution in [3.63, 3.8) is 0 Å². The van der Waals surface area contributed by atoms with E-state index >= 15 is 0 Å². The lowest BCUT2D eigenvalue weighted by molar-refractivity contribution is 0.280. The van der Waals surface area contributed by atoms with Crippen molar-refractivity contribution < 1.29 is 4.74 Å². The van der Waals surface area contributed by atoms with Gasteiger partial charge in [-0.25, -0.2) is 0 Å². The smallest absolute Gasteiger partial charge is 0.151 e. The van der Waals surface area contributed by atoms with Crippen molar-refractivity contribution >= 4 is 33.4 Å². The molecule has 3 aliphatic rings. The highest BCUT2D eigenvalue weighted by Crippen LogP contribution is 2.53. The van der Waals surface area contributed by atoms with Gasteiger partial charge in [-0.05, 0) is 51.9 Å². The Bertz CT molecular complexity index is 1850. The van der Waals surface area contributed by atoms with Gasteiger partial charge in [-0.15, -0.1) is 0 Å². The Morgan fingerprint density at radius 3 is 2.41 bits per heavy atom. The highest BCUT2D eigenvalue weighted by Gasteiger charge is 2.37. The molecular weight excluding hydrogens is 474 g/mol. The molecule has 0 aromatic heterocycles. The van der Waals surface area contributed by atoms with Gasteiger partial charge in [0.2, 0.25) is 0 Å². The van der Waals surface area contributed by atoms with Gasteiger partial charge in [-0.3, -0.25) is 0 Å². The van der Waals surface area contributed by atoms with Gasteiger partial charge >= 0.3 is 0 Å². The van der Waals surface area contributed by atoms with E-state index in [2.05, 4.69) is 140 Å². The minimum Gasteiger partial charge on any atom is -0.483 e. The molecule has 2 heteroatoms. The number of anilines is 3. The second-order valence-electron chi connectivity index (χ2n) is 11.3. The molecule has 2 aliphatic carbocycles. The van der Waals surface area contributed by atoms with Crippen molar-refractivity contribution in [1.29, 1.82) is 0 Å². The van der Waals surface area contributed by atoms with Gasteiger partial charge in [0.05, 0.1) is 11.4 Å². The number of ether oxygens (including phenoxy) is 1. The summed E-state index contributed by atoms with van der Waals surface area (Å²) in [5, 5.41) is 2.44. The summed E-state index contributed by atoms with van der Waals surface area (Å²) in [6.07, 6.45) is 7.54. The summed E-state index contributed by atoms with van der Waals surface area (Å²) in [6.45, 7) is 4.67. The van der Waals surface area contributed by atoms with E-state index in [-0.39, 0.29) is 11.5 Å². The predicted octanol–water partition coefficient (Wildman–Crippen LogP) is 9.72. The third kappa shape index (κ3) is 3.21. The second-order valence-corrected chi connectivity index (χ2v) is 11.3. The monoisotopic (exact) mass is 503 g/mol. The first-order valence-corrected chi connectivity index (χ1v) is 13.8. The fraction of sp³-hybridized carbons (Fsp3) is 0.135. The highest BCUT2D eigenvalue weighted by atomic mass is 16.5. The van der Waals surface area contributed by atoms with E-state index in [1.165, 1.54) is 44.2 Å². The fourth-order valence-electron chi connectivity index (χ4n) is 6.84. The highest BCUT2D eigenvalue weighted by molar-refractivity contribution is 6.01. The first-order valence-electron chi connectivity index (χ1n) is 13.8. The Morgan fingerprint density at radius 2 is 1.46 bits per heavy atom. The molecular formula is C37H29NO. The summed E-state index contributed by atoms with van der Waals surface area (Å²) >= 11 is 0. The zero-order chi connectivity index (χ0) is 26.1. The Hall–Kier alpha value is -4.56. The van der Waals surface area contributed by atoms with Gasteiger partial charge in [-0.2, -0.15) is 0 Å². The Morgan fingerprint density at radius 1 is 0.718 bits per heavy atom. The van der Waals surface area contributed by atoms with E-state index in [1.807, 2.05) is 0 Å². The minimum atomic E-state index is -0.0268. The molecule has 0 N–H and O–H groups in total. The van der Waals surface area contributed by atoms with Gasteiger partial charge < -0.3 is 9.64 Å². The summed E-state index contributed by atoms with van der Waals surface area (Å²) in [7, 11) is 0. The van der Waals surface area contributed by atoms with E-state index < -0.39 is 0 Å². The molecule has 1 aliphatic heterocycles. The lowest BCUT2D eigenvalue weighted by Crippen LogP contribution is -2.16. The zero-order valence-corrected chi connectivity index (χ0v) is 22.2. The molecule has 0 bridgehead atoms. The molecule has 0 radical (unpaired) electrons. The quantitative estimate of drug-likeness (QED) is 0.243. The SMILES string of the molecule is CC1(C)c2ccccc2-c2cc(N(c3cccc4c3OC3CC=CC=C43)c3cccc4ccccc34)ccc21. The van der Waals surface area contributed by atoms with Gasteiger partial charge in [0, 0.05) is 34.0 Å². The number of rotatable bonds is 3. The molecule has 39 heavy (non-hydrogen) atoms. The maximum atomic E-state index is 6.70. The minimum absolute atomic E-state index is 0.0268. The second kappa shape index (κ2) is 8.22. The molecule has 188 valence electrons. The molecule has 1 heterocycles. The third-order valence-electron chi connectivity index (χ3n) is 8.75. The van der Waals surface area contributed by atoms with Crippen LogP contribution in [0.5, 0.6) is 5.75 Å². The average molecular weight is 504 g/mol. The summed E-state index contributed by atoms with van der Waals surface area (Å²) < 4.78 is 6.70. The van der Waals surface area contributed by atoms with Crippen LogP contribution in [0.2, 0.25) is 0 Å². The topological polar surface area (TPSA) is 12.5 Å². The van der Waals surface area contributed by atoms with Crippen LogP contribution in [-0.2, 0) is 5.41 Å². The Kier molecular flexibility index (Phi) is 4.73. The molecule has 0 saturated carbocycles. The van der Waals surface area contributed by atoms with Crippen LogP contribution >= 0.6 is 0 Å². The summed E-state index contributed by atoms with van der Waals surface area (Å²) in [5.74, 6) is 0.964. The maximum Gasteiger partial charge on any atom is 0.151 e. The molecule has 1 atom stereocenters. The van der Waals surface area contributed by atoms with Crippen molar-refractivity contribution in [3.8, 4) is 16.9 Å². The molecule has 5 aromatic carbocycles. The van der Waals surface area contributed by atoms with E-state index in [0.29, 0.717) is 0 Å². The largest absolute Gasteiger partial charge is 0.483 e. The number of hydrogen-bond donors (Lipinski definition) is 0. The van der Waals surface area contributed by atoms with Crippen LogP contribution in [-0.4, -0.2) is 6.10 Å². The first-order chi connectivity index (χ1) is 19.1. The number of nitrogens with zero attached hydrogens (tertiary/aromatic N) is 1. The molecule has 0 amide bonds. The van der Waals surface area contributed by atoms with Crippen LogP contribution in [0.3, 0.4) is 0 Å². The van der Waals surface area contributed by atoms with Gasteiger partial charge in [0.15, 0.2) is 5.75 Å². The molecule has 0 fully saturated rings. The summed E-state index contributed by atoms with van der Waals surface area (Å²) in [6, 6.07) is 37.7. The van der Waals surface area contributed by atoms with Gasteiger partial charge in [0.25, 0.3) is 0 Å². The van der Waals surface area contributed by atoms with Crippen LogP contribution in [0.1, 0.15) is 37.0 Å². The van der Waals surface area contributed by atoms with Crippen molar-refractivity contribution in [3.05, 3.63) is 138 Å². The number of hydrogen-bond acceptors (Lipinski definition) is 2. The lowest BCUT2D eigenvalue weighted by atomic mass is 9.82. The number of fused-ring (bicyclic) bond motifs is 7. The van der Waals surface area contributed by atoms with Crippen molar-refractivity contribution in [2.75, 3.05) is 4.90 Å². The van der Waals surface area contributed by atoms with E-state index in [0.717, 1.165) is 29.2 Å². The maximum absolute atomic E-state index is 6.70. The fourth-order valence-corrected chi connectivity index (χ4v) is 6.84. The number of para-hydroxylation sites is 1. The van der Waals surface area contributed by atoms with Crippen LogP contribution in [0.15, 0.2) is 121 Å². The van der Waals surface area contributed by atoms with Crippen molar-refractivity contribution in [2.45, 2.75) is 31.8 Å². The Balaban J connectivity index is 1.39. The molecule has 0 spiro atoms. The van der Waals surface area contributed by atoms with E-state index in [9.17, 15) is 0 Å². The van der Waals surface area contributed by atoms with Gasteiger partial charge in [-0.1, -0.05) is 111 Å². The number of allylic oxidation sites excluding steroid dienone is 2. The first kappa shape index (κ1) is 22.4. The Labute approximate surface area is 229 Å².